The fraction of sp³-hybridized carbons (Fsp3) is 0.812. The van der Waals surface area contributed by atoms with Crippen molar-refractivity contribution in [3.05, 3.63) is 11.6 Å². The average molecular weight is 346 g/mol. The second kappa shape index (κ2) is 7.47. The van der Waals surface area contributed by atoms with Gasteiger partial charge in [-0.2, -0.15) is 0 Å². The molecule has 0 radical (unpaired) electrons. The molecule has 0 amide bonds. The maximum atomic E-state index is 12.1. The van der Waals surface area contributed by atoms with Crippen molar-refractivity contribution in [1.29, 1.82) is 0 Å². The Morgan fingerprint density at radius 2 is 1.92 bits per heavy atom. The van der Waals surface area contributed by atoms with Crippen molar-refractivity contribution in [1.82, 2.24) is 0 Å². The topological polar surface area (TPSA) is 137 Å². The van der Waals surface area contributed by atoms with Crippen molar-refractivity contribution in [3.63, 3.8) is 0 Å². The van der Waals surface area contributed by atoms with Gasteiger partial charge in [-0.3, -0.25) is 0 Å². The van der Waals surface area contributed by atoms with Crippen LogP contribution in [0, 0.1) is 5.92 Å². The SMILES string of the molecule is CC(C)(O)[C@@H]1CC=C(C(=O)OC[C@H]2O[C@H](O)[C@H](O)[C@@H](O)[C@@H]2O)CC1. The maximum Gasteiger partial charge on any atom is 0.333 e. The summed E-state index contributed by atoms with van der Waals surface area (Å²) in [5.41, 5.74) is -0.319. The van der Waals surface area contributed by atoms with Crippen LogP contribution in [0.1, 0.15) is 33.1 Å². The van der Waals surface area contributed by atoms with E-state index in [1.807, 2.05) is 0 Å². The van der Waals surface area contributed by atoms with Crippen molar-refractivity contribution < 1.29 is 39.8 Å². The molecule has 24 heavy (non-hydrogen) atoms. The van der Waals surface area contributed by atoms with Gasteiger partial charge in [0.05, 0.1) is 5.60 Å². The molecule has 2 aliphatic rings. The van der Waals surface area contributed by atoms with Gasteiger partial charge in [0.15, 0.2) is 6.29 Å². The number of ether oxygens (including phenoxy) is 2. The van der Waals surface area contributed by atoms with Gasteiger partial charge in [0.25, 0.3) is 0 Å². The molecule has 1 heterocycles. The monoisotopic (exact) mass is 346 g/mol. The maximum absolute atomic E-state index is 12.1. The molecule has 138 valence electrons. The number of esters is 1. The van der Waals surface area contributed by atoms with E-state index in [-0.39, 0.29) is 12.5 Å². The molecule has 1 fully saturated rings. The van der Waals surface area contributed by atoms with Gasteiger partial charge >= 0.3 is 5.97 Å². The molecule has 0 saturated carbocycles. The molecule has 0 aromatic carbocycles. The predicted octanol–water partition coefficient (Wildman–Crippen LogP) is -1.17. The predicted molar refractivity (Wildman–Crippen MR) is 81.6 cm³/mol. The van der Waals surface area contributed by atoms with E-state index < -0.39 is 42.3 Å². The lowest BCUT2D eigenvalue weighted by atomic mass is 9.79. The van der Waals surface area contributed by atoms with E-state index in [2.05, 4.69) is 0 Å². The van der Waals surface area contributed by atoms with Crippen LogP contribution < -0.4 is 0 Å². The zero-order valence-corrected chi connectivity index (χ0v) is 13.8. The molecule has 6 atom stereocenters. The third-order valence-electron chi connectivity index (χ3n) is 4.74. The van der Waals surface area contributed by atoms with Crippen LogP contribution in [0.3, 0.4) is 0 Å². The highest BCUT2D eigenvalue weighted by Crippen LogP contribution is 2.32. The summed E-state index contributed by atoms with van der Waals surface area (Å²) in [5.74, 6) is -0.487. The molecular formula is C16H26O8. The first-order valence-corrected chi connectivity index (χ1v) is 8.07. The van der Waals surface area contributed by atoms with Gasteiger partial charge in [-0.05, 0) is 39.0 Å². The van der Waals surface area contributed by atoms with Crippen LogP contribution in [-0.4, -0.2) is 74.4 Å². The van der Waals surface area contributed by atoms with Crippen molar-refractivity contribution in [3.8, 4) is 0 Å². The molecule has 1 aliphatic heterocycles. The Kier molecular flexibility index (Phi) is 6.00. The summed E-state index contributed by atoms with van der Waals surface area (Å²) < 4.78 is 10.0. The fourth-order valence-corrected chi connectivity index (χ4v) is 2.98. The lowest BCUT2D eigenvalue weighted by Crippen LogP contribution is -2.58. The van der Waals surface area contributed by atoms with Crippen LogP contribution >= 0.6 is 0 Å². The summed E-state index contributed by atoms with van der Waals surface area (Å²) in [7, 11) is 0. The van der Waals surface area contributed by atoms with Gasteiger partial charge in [-0.15, -0.1) is 0 Å². The van der Waals surface area contributed by atoms with Gasteiger partial charge < -0.3 is 35.0 Å². The molecule has 5 N–H and O–H groups in total. The smallest absolute Gasteiger partial charge is 0.333 e. The first-order chi connectivity index (χ1) is 11.1. The highest BCUT2D eigenvalue weighted by molar-refractivity contribution is 5.88. The molecule has 0 spiro atoms. The van der Waals surface area contributed by atoms with Gasteiger partial charge in [0, 0.05) is 5.57 Å². The number of hydrogen-bond donors (Lipinski definition) is 5. The summed E-state index contributed by atoms with van der Waals surface area (Å²) in [6.07, 6.45) is -4.02. The zero-order valence-electron chi connectivity index (χ0n) is 13.8. The highest BCUT2D eigenvalue weighted by Gasteiger charge is 2.43. The number of aliphatic hydroxyl groups is 5. The Balaban J connectivity index is 1.86. The fourth-order valence-electron chi connectivity index (χ4n) is 2.98. The standard InChI is InChI=1S/C16H26O8/c1-16(2,22)9-5-3-8(4-6-9)14(20)23-7-10-11(17)12(18)13(19)15(21)24-10/h3,9-13,15,17-19,21-22H,4-7H2,1-2H3/t9-,10-,11-,12+,13-,15+/m1/s1. The quantitative estimate of drug-likeness (QED) is 0.402. The number of aliphatic hydroxyl groups excluding tert-OH is 4. The molecule has 0 aromatic rings. The first-order valence-electron chi connectivity index (χ1n) is 8.07. The molecular weight excluding hydrogens is 320 g/mol. The van der Waals surface area contributed by atoms with Crippen LogP contribution in [0.15, 0.2) is 11.6 Å². The van der Waals surface area contributed by atoms with Crippen LogP contribution in [0.4, 0.5) is 0 Å². The zero-order chi connectivity index (χ0) is 18.1. The summed E-state index contributed by atoms with van der Waals surface area (Å²) >= 11 is 0. The highest BCUT2D eigenvalue weighted by atomic mass is 16.6. The molecule has 0 unspecified atom stereocenters. The number of carbonyl (C=O) groups excluding carboxylic acids is 1. The van der Waals surface area contributed by atoms with Gasteiger partial charge in [0.2, 0.25) is 0 Å². The summed E-state index contributed by atoms with van der Waals surface area (Å²) in [6.45, 7) is 3.12. The largest absolute Gasteiger partial charge is 0.459 e. The molecule has 2 rings (SSSR count). The normalized spacial score (nSPS) is 37.7. The summed E-state index contributed by atoms with van der Waals surface area (Å²) in [5, 5.41) is 48.2. The van der Waals surface area contributed by atoms with Crippen LogP contribution in [0.25, 0.3) is 0 Å². The van der Waals surface area contributed by atoms with Crippen LogP contribution in [0.5, 0.6) is 0 Å². The Labute approximate surface area is 140 Å². The lowest BCUT2D eigenvalue weighted by Gasteiger charge is -2.38. The minimum atomic E-state index is -1.66. The second-order valence-corrected chi connectivity index (χ2v) is 6.99. The Bertz CT molecular complexity index is 483. The van der Waals surface area contributed by atoms with Crippen molar-refractivity contribution in [2.75, 3.05) is 6.61 Å². The third kappa shape index (κ3) is 4.33. The Hall–Kier alpha value is -1.03. The van der Waals surface area contributed by atoms with E-state index in [0.717, 1.165) is 0 Å². The van der Waals surface area contributed by atoms with Crippen molar-refractivity contribution in [2.24, 2.45) is 5.92 Å². The Morgan fingerprint density at radius 1 is 1.25 bits per heavy atom. The van der Waals surface area contributed by atoms with E-state index >= 15 is 0 Å². The number of hydrogen-bond acceptors (Lipinski definition) is 8. The van der Waals surface area contributed by atoms with E-state index in [0.29, 0.717) is 24.8 Å². The summed E-state index contributed by atoms with van der Waals surface area (Å²) in [4.78, 5) is 12.1. The Morgan fingerprint density at radius 3 is 2.46 bits per heavy atom. The number of allylic oxidation sites excluding steroid dienone is 1. The third-order valence-corrected chi connectivity index (χ3v) is 4.74. The van der Waals surface area contributed by atoms with Gasteiger partial charge in [0.1, 0.15) is 31.0 Å². The van der Waals surface area contributed by atoms with Crippen molar-refractivity contribution in [2.45, 2.75) is 69.4 Å². The van der Waals surface area contributed by atoms with E-state index in [9.17, 15) is 30.3 Å². The number of rotatable bonds is 4. The second-order valence-electron chi connectivity index (χ2n) is 6.99. The molecule has 0 bridgehead atoms. The molecule has 1 aliphatic carbocycles. The van der Waals surface area contributed by atoms with Crippen LogP contribution in [0.2, 0.25) is 0 Å². The molecule has 8 nitrogen and oxygen atoms in total. The van der Waals surface area contributed by atoms with E-state index in [4.69, 9.17) is 9.47 Å². The van der Waals surface area contributed by atoms with Gasteiger partial charge in [-0.25, -0.2) is 4.79 Å². The average Bonchev–Trinajstić information content (AvgIpc) is 2.54. The number of carbonyl (C=O) groups is 1. The van der Waals surface area contributed by atoms with Crippen LogP contribution in [-0.2, 0) is 14.3 Å². The van der Waals surface area contributed by atoms with Gasteiger partial charge in [-0.1, -0.05) is 6.08 Å². The molecule has 1 saturated heterocycles. The molecule has 8 heteroatoms. The van der Waals surface area contributed by atoms with E-state index in [1.54, 1.807) is 19.9 Å². The molecule has 0 aromatic heterocycles. The van der Waals surface area contributed by atoms with E-state index in [1.165, 1.54) is 0 Å². The summed E-state index contributed by atoms with van der Waals surface area (Å²) in [6, 6.07) is 0. The minimum Gasteiger partial charge on any atom is -0.459 e. The first kappa shape index (κ1) is 19.3. The minimum absolute atomic E-state index is 0.0735. The lowest BCUT2D eigenvalue weighted by molar-refractivity contribution is -0.287. The van der Waals surface area contributed by atoms with Crippen molar-refractivity contribution >= 4 is 5.97 Å².